The fourth-order valence-corrected chi connectivity index (χ4v) is 2.54. The minimum absolute atomic E-state index is 0.119. The first-order valence-electron chi connectivity index (χ1n) is 6.51. The van der Waals surface area contributed by atoms with E-state index in [-0.39, 0.29) is 16.0 Å². The Balaban J connectivity index is 2.52. The highest BCUT2D eigenvalue weighted by Crippen LogP contribution is 2.34. The molecule has 0 aliphatic rings. The summed E-state index contributed by atoms with van der Waals surface area (Å²) in [5.41, 5.74) is 0.531. The molecule has 0 spiro atoms. The molecule has 0 radical (unpaired) electrons. The Morgan fingerprint density at radius 2 is 1.81 bits per heavy atom. The number of hydrogen-bond acceptors (Lipinski definition) is 2. The first-order valence-corrected chi connectivity index (χ1v) is 7.30. The van der Waals surface area contributed by atoms with Crippen LogP contribution in [0.1, 0.15) is 29.8 Å². The van der Waals surface area contributed by atoms with E-state index in [1.54, 1.807) is 0 Å². The number of benzene rings is 2. The van der Waals surface area contributed by atoms with Gasteiger partial charge in [-0.05, 0) is 41.4 Å². The molecule has 4 heteroatoms. The number of Topliss-reactive ketones (excluding diaryl/α,β-unsaturated/α-hetero) is 1. The first kappa shape index (κ1) is 15.7. The second-order valence-corrected chi connectivity index (χ2v) is 6.14. The van der Waals surface area contributed by atoms with Crippen LogP contribution in [0, 0.1) is 5.82 Å². The van der Waals surface area contributed by atoms with Gasteiger partial charge in [0.05, 0.1) is 22.6 Å². The zero-order chi connectivity index (χ0) is 15.6. The summed E-state index contributed by atoms with van der Waals surface area (Å²) in [6.45, 7) is 3.70. The molecule has 0 fully saturated rings. The van der Waals surface area contributed by atoms with Gasteiger partial charge in [0.2, 0.25) is 0 Å². The van der Waals surface area contributed by atoms with E-state index >= 15 is 0 Å². The van der Waals surface area contributed by atoms with Crippen molar-refractivity contribution in [1.29, 1.82) is 0 Å². The van der Waals surface area contributed by atoms with Crippen molar-refractivity contribution >= 4 is 21.7 Å². The first-order chi connectivity index (χ1) is 9.87. The van der Waals surface area contributed by atoms with E-state index in [2.05, 4.69) is 15.9 Å². The highest BCUT2D eigenvalue weighted by Gasteiger charge is 2.32. The number of rotatable bonds is 4. The predicted octanol–water partition coefficient (Wildman–Crippen LogP) is 4.76. The van der Waals surface area contributed by atoms with Gasteiger partial charge in [-0.1, -0.05) is 30.3 Å². The maximum atomic E-state index is 13.6. The molecule has 110 valence electrons. The van der Waals surface area contributed by atoms with Gasteiger partial charge in [-0.15, -0.1) is 0 Å². The molecule has 0 saturated carbocycles. The summed E-state index contributed by atoms with van der Waals surface area (Å²) in [7, 11) is 1.43. The van der Waals surface area contributed by atoms with Gasteiger partial charge in [0, 0.05) is 6.07 Å². The fourth-order valence-electron chi connectivity index (χ4n) is 2.20. The smallest absolute Gasteiger partial charge is 0.176 e. The number of ketones is 1. The van der Waals surface area contributed by atoms with Crippen molar-refractivity contribution in [2.45, 2.75) is 19.3 Å². The number of carbonyl (C=O) groups excluding carboxylic acids is 1. The largest absolute Gasteiger partial charge is 0.496 e. The molecule has 2 nitrogen and oxygen atoms in total. The fraction of sp³-hybridized carbons (Fsp3) is 0.235. The molecule has 0 N–H and O–H groups in total. The Morgan fingerprint density at radius 3 is 2.38 bits per heavy atom. The molecule has 0 aliphatic carbocycles. The van der Waals surface area contributed by atoms with E-state index in [1.807, 2.05) is 44.2 Å². The molecule has 2 rings (SSSR count). The summed E-state index contributed by atoms with van der Waals surface area (Å²) in [5.74, 6) is -0.336. The lowest BCUT2D eigenvalue weighted by atomic mass is 9.78. The number of methoxy groups -OCH3 is 1. The van der Waals surface area contributed by atoms with Crippen molar-refractivity contribution in [3.05, 3.63) is 63.9 Å². The van der Waals surface area contributed by atoms with Crippen LogP contribution in [0.4, 0.5) is 4.39 Å². The molecule has 0 atom stereocenters. The summed E-state index contributed by atoms with van der Waals surface area (Å²) in [4.78, 5) is 12.9. The molecule has 0 amide bonds. The SMILES string of the molecule is COc1cc(F)c(Br)cc1C(=O)C(C)(C)c1ccccc1. The van der Waals surface area contributed by atoms with Crippen molar-refractivity contribution in [3.63, 3.8) is 0 Å². The second-order valence-electron chi connectivity index (χ2n) is 5.29. The molecule has 0 heterocycles. The lowest BCUT2D eigenvalue weighted by Gasteiger charge is -2.25. The Labute approximate surface area is 132 Å². The Bertz CT molecular complexity index is 666. The van der Waals surface area contributed by atoms with Crippen molar-refractivity contribution in [2.75, 3.05) is 7.11 Å². The number of hydrogen-bond donors (Lipinski definition) is 0. The quantitative estimate of drug-likeness (QED) is 0.743. The molecule has 0 bridgehead atoms. The maximum Gasteiger partial charge on any atom is 0.176 e. The van der Waals surface area contributed by atoms with E-state index in [9.17, 15) is 9.18 Å². The van der Waals surface area contributed by atoms with Crippen LogP contribution in [0.25, 0.3) is 0 Å². The average molecular weight is 351 g/mol. The zero-order valence-electron chi connectivity index (χ0n) is 12.1. The lowest BCUT2D eigenvalue weighted by molar-refractivity contribution is 0.0905. The van der Waals surface area contributed by atoms with Crippen LogP contribution in [0.2, 0.25) is 0 Å². The van der Waals surface area contributed by atoms with E-state index in [1.165, 1.54) is 19.2 Å². The van der Waals surface area contributed by atoms with Crippen molar-refractivity contribution in [3.8, 4) is 5.75 Å². The Kier molecular flexibility index (Phi) is 4.47. The zero-order valence-corrected chi connectivity index (χ0v) is 13.7. The monoisotopic (exact) mass is 350 g/mol. The third-order valence-corrected chi connectivity index (χ3v) is 4.16. The molecule has 0 aliphatic heterocycles. The van der Waals surface area contributed by atoms with Crippen LogP contribution >= 0.6 is 15.9 Å². The lowest BCUT2D eigenvalue weighted by Crippen LogP contribution is -2.29. The molecule has 0 saturated heterocycles. The van der Waals surface area contributed by atoms with Gasteiger partial charge in [-0.25, -0.2) is 4.39 Å². The van der Waals surface area contributed by atoms with Crippen LogP contribution in [0.15, 0.2) is 46.9 Å². The molecule has 0 aromatic heterocycles. The van der Waals surface area contributed by atoms with Crippen LogP contribution in [0.5, 0.6) is 5.75 Å². The molecular formula is C17H16BrFO2. The van der Waals surface area contributed by atoms with Gasteiger partial charge in [0.25, 0.3) is 0 Å². The van der Waals surface area contributed by atoms with Gasteiger partial charge < -0.3 is 4.74 Å². The highest BCUT2D eigenvalue weighted by molar-refractivity contribution is 9.10. The molecule has 2 aromatic rings. The van der Waals surface area contributed by atoms with Gasteiger partial charge >= 0.3 is 0 Å². The Hall–Kier alpha value is -1.68. The van der Waals surface area contributed by atoms with Crippen molar-refractivity contribution in [2.24, 2.45) is 0 Å². The number of carbonyl (C=O) groups is 1. The van der Waals surface area contributed by atoms with Crippen LogP contribution in [0.3, 0.4) is 0 Å². The third kappa shape index (κ3) is 3.00. The van der Waals surface area contributed by atoms with Crippen LogP contribution in [-0.2, 0) is 5.41 Å². The van der Waals surface area contributed by atoms with Gasteiger partial charge in [0.15, 0.2) is 5.78 Å². The van der Waals surface area contributed by atoms with E-state index < -0.39 is 11.2 Å². The third-order valence-electron chi connectivity index (χ3n) is 3.55. The van der Waals surface area contributed by atoms with Crippen LogP contribution < -0.4 is 4.74 Å². The average Bonchev–Trinajstić information content (AvgIpc) is 2.49. The highest BCUT2D eigenvalue weighted by atomic mass is 79.9. The number of halogens is 2. The summed E-state index contributed by atoms with van der Waals surface area (Å²) >= 11 is 3.12. The minimum atomic E-state index is -0.730. The standard InChI is InChI=1S/C17H16BrFO2/c1-17(2,11-7-5-4-6-8-11)16(20)12-9-13(18)14(19)10-15(12)21-3/h4-10H,1-3H3. The van der Waals surface area contributed by atoms with Gasteiger partial charge in [-0.2, -0.15) is 0 Å². The minimum Gasteiger partial charge on any atom is -0.496 e. The predicted molar refractivity (Wildman–Crippen MR) is 84.5 cm³/mol. The van der Waals surface area contributed by atoms with E-state index in [0.29, 0.717) is 5.56 Å². The molecule has 21 heavy (non-hydrogen) atoms. The van der Waals surface area contributed by atoms with Crippen molar-refractivity contribution in [1.82, 2.24) is 0 Å². The van der Waals surface area contributed by atoms with E-state index in [0.717, 1.165) is 5.56 Å². The molecular weight excluding hydrogens is 335 g/mol. The maximum absolute atomic E-state index is 13.6. The summed E-state index contributed by atoms with van der Waals surface area (Å²) in [5, 5.41) is 0. The summed E-state index contributed by atoms with van der Waals surface area (Å²) in [6, 6.07) is 12.2. The topological polar surface area (TPSA) is 26.3 Å². The van der Waals surface area contributed by atoms with Gasteiger partial charge in [0.1, 0.15) is 11.6 Å². The normalized spacial score (nSPS) is 11.3. The summed E-state index contributed by atoms with van der Waals surface area (Å²) in [6.07, 6.45) is 0. The summed E-state index contributed by atoms with van der Waals surface area (Å²) < 4.78 is 19.0. The van der Waals surface area contributed by atoms with Crippen LogP contribution in [-0.4, -0.2) is 12.9 Å². The molecule has 2 aromatic carbocycles. The Morgan fingerprint density at radius 1 is 1.19 bits per heavy atom. The van der Waals surface area contributed by atoms with E-state index in [4.69, 9.17) is 4.74 Å². The molecule has 0 unspecified atom stereocenters. The van der Waals surface area contributed by atoms with Gasteiger partial charge in [-0.3, -0.25) is 4.79 Å². The van der Waals surface area contributed by atoms with Crippen molar-refractivity contribution < 1.29 is 13.9 Å². The second kappa shape index (κ2) is 5.98. The number of ether oxygens (including phenoxy) is 1.